The molecule has 2 aromatic carbocycles. The lowest BCUT2D eigenvalue weighted by molar-refractivity contribution is -0.118. The zero-order valence-electron chi connectivity index (χ0n) is 16.2. The van der Waals surface area contributed by atoms with Crippen molar-refractivity contribution in [3.8, 4) is 5.75 Å². The molecule has 150 valence electrons. The van der Waals surface area contributed by atoms with E-state index in [0.717, 1.165) is 44.0 Å². The summed E-state index contributed by atoms with van der Waals surface area (Å²) in [6, 6.07) is 10.9. The second kappa shape index (κ2) is 9.50. The third-order valence-corrected chi connectivity index (χ3v) is 5.62. The van der Waals surface area contributed by atoms with Crippen molar-refractivity contribution in [2.45, 2.75) is 13.8 Å². The van der Waals surface area contributed by atoms with Crippen molar-refractivity contribution in [1.82, 2.24) is 4.90 Å². The van der Waals surface area contributed by atoms with Crippen LogP contribution in [0.3, 0.4) is 0 Å². The number of carbonyl (C=O) groups is 1. The number of benzene rings is 2. The summed E-state index contributed by atoms with van der Waals surface area (Å²) in [5, 5.41) is 4.13. The van der Waals surface area contributed by atoms with Crippen LogP contribution in [-0.2, 0) is 4.79 Å². The Morgan fingerprint density at radius 2 is 1.82 bits per heavy atom. The molecular formula is C21H25Cl2N3O2. The molecule has 1 N–H and O–H groups in total. The summed E-state index contributed by atoms with van der Waals surface area (Å²) in [7, 11) is 0. The van der Waals surface area contributed by atoms with Gasteiger partial charge < -0.3 is 19.9 Å². The maximum atomic E-state index is 12.2. The predicted molar refractivity (Wildman–Crippen MR) is 116 cm³/mol. The number of rotatable bonds is 6. The van der Waals surface area contributed by atoms with Crippen molar-refractivity contribution in [3.05, 3.63) is 52.0 Å². The monoisotopic (exact) mass is 421 g/mol. The first-order valence-corrected chi connectivity index (χ1v) is 10.2. The van der Waals surface area contributed by atoms with Gasteiger partial charge in [0.05, 0.1) is 10.7 Å². The second-order valence-electron chi connectivity index (χ2n) is 6.84. The van der Waals surface area contributed by atoms with Crippen LogP contribution < -0.4 is 15.0 Å². The summed E-state index contributed by atoms with van der Waals surface area (Å²) < 4.78 is 5.53. The van der Waals surface area contributed by atoms with Gasteiger partial charge >= 0.3 is 0 Å². The fourth-order valence-corrected chi connectivity index (χ4v) is 3.62. The average Bonchev–Trinajstić information content (AvgIpc) is 2.69. The lowest BCUT2D eigenvalue weighted by atomic mass is 10.2. The summed E-state index contributed by atoms with van der Waals surface area (Å²) in [5.74, 6) is 0.365. The van der Waals surface area contributed by atoms with Gasteiger partial charge in [-0.15, -0.1) is 0 Å². The summed E-state index contributed by atoms with van der Waals surface area (Å²) in [6.07, 6.45) is 0. The molecule has 28 heavy (non-hydrogen) atoms. The number of hydrogen-bond donors (Lipinski definition) is 1. The molecule has 0 bridgehead atoms. The zero-order chi connectivity index (χ0) is 20.1. The highest BCUT2D eigenvalue weighted by Gasteiger charge is 2.18. The van der Waals surface area contributed by atoms with E-state index in [1.54, 1.807) is 24.3 Å². The van der Waals surface area contributed by atoms with Crippen LogP contribution in [0.2, 0.25) is 10.0 Å². The molecule has 1 saturated heterocycles. The van der Waals surface area contributed by atoms with E-state index >= 15 is 0 Å². The minimum atomic E-state index is -0.243. The summed E-state index contributed by atoms with van der Waals surface area (Å²) in [6.45, 7) is 9.03. The Morgan fingerprint density at radius 1 is 1.07 bits per heavy atom. The van der Waals surface area contributed by atoms with E-state index in [1.807, 2.05) is 19.1 Å². The van der Waals surface area contributed by atoms with Crippen LogP contribution in [0.1, 0.15) is 12.5 Å². The Hall–Kier alpha value is -1.95. The molecule has 3 rings (SSSR count). The van der Waals surface area contributed by atoms with Gasteiger partial charge in [0, 0.05) is 36.9 Å². The van der Waals surface area contributed by atoms with Crippen LogP contribution in [0.5, 0.6) is 5.75 Å². The number of amides is 1. The van der Waals surface area contributed by atoms with Crippen molar-refractivity contribution in [1.29, 1.82) is 0 Å². The van der Waals surface area contributed by atoms with Gasteiger partial charge in [-0.2, -0.15) is 0 Å². The largest absolute Gasteiger partial charge is 0.484 e. The molecule has 0 unspecified atom stereocenters. The van der Waals surface area contributed by atoms with Crippen LogP contribution in [-0.4, -0.2) is 50.1 Å². The number of halogens is 2. The summed E-state index contributed by atoms with van der Waals surface area (Å²) in [4.78, 5) is 16.9. The number of likely N-dealkylation sites (N-methyl/N-ethyl adjacent to an activating group) is 1. The SMILES string of the molecule is CCN1CCN(c2ccc(NC(=O)COc3ccc(Cl)c(C)c3)cc2Cl)CC1. The number of carbonyl (C=O) groups excluding carboxylic acids is 1. The third kappa shape index (κ3) is 5.31. The molecule has 1 heterocycles. The highest BCUT2D eigenvalue weighted by molar-refractivity contribution is 6.33. The van der Waals surface area contributed by atoms with Gasteiger partial charge in [0.15, 0.2) is 6.61 Å². The lowest BCUT2D eigenvalue weighted by Gasteiger charge is -2.36. The second-order valence-corrected chi connectivity index (χ2v) is 7.65. The Labute approximate surface area is 176 Å². The minimum absolute atomic E-state index is 0.0839. The number of aryl methyl sites for hydroxylation is 1. The molecule has 1 fully saturated rings. The standard InChI is InChI=1S/C21H25Cl2N3O2/c1-3-25-8-10-26(11-9-25)20-7-4-16(13-19(20)23)24-21(27)14-28-17-5-6-18(22)15(2)12-17/h4-7,12-13H,3,8-11,14H2,1-2H3,(H,24,27). The highest BCUT2D eigenvalue weighted by Crippen LogP contribution is 2.29. The molecule has 0 atom stereocenters. The van der Waals surface area contributed by atoms with Crippen molar-refractivity contribution in [2.75, 3.05) is 49.5 Å². The summed E-state index contributed by atoms with van der Waals surface area (Å²) in [5.41, 5.74) is 2.56. The van der Waals surface area contributed by atoms with Crippen LogP contribution in [0.25, 0.3) is 0 Å². The van der Waals surface area contributed by atoms with Crippen LogP contribution in [0, 0.1) is 6.92 Å². The Kier molecular flexibility index (Phi) is 7.05. The van der Waals surface area contributed by atoms with Gasteiger partial charge in [-0.1, -0.05) is 30.1 Å². The summed E-state index contributed by atoms with van der Waals surface area (Å²) >= 11 is 12.5. The first kappa shape index (κ1) is 20.8. The Bertz CT molecular complexity index is 836. The molecule has 0 aromatic heterocycles. The molecule has 5 nitrogen and oxygen atoms in total. The topological polar surface area (TPSA) is 44.8 Å². The van der Waals surface area contributed by atoms with Crippen LogP contribution in [0.15, 0.2) is 36.4 Å². The number of nitrogens with one attached hydrogen (secondary N) is 1. The van der Waals surface area contributed by atoms with E-state index in [2.05, 4.69) is 22.0 Å². The predicted octanol–water partition coefficient (Wildman–Crippen LogP) is 4.46. The maximum Gasteiger partial charge on any atom is 0.262 e. The Balaban J connectivity index is 1.55. The van der Waals surface area contributed by atoms with Crippen molar-refractivity contribution < 1.29 is 9.53 Å². The quantitative estimate of drug-likeness (QED) is 0.747. The fraction of sp³-hybridized carbons (Fsp3) is 0.381. The molecule has 0 radical (unpaired) electrons. The molecule has 1 amide bonds. The smallest absolute Gasteiger partial charge is 0.262 e. The van der Waals surface area contributed by atoms with E-state index < -0.39 is 0 Å². The molecule has 0 spiro atoms. The normalized spacial score (nSPS) is 14.8. The van der Waals surface area contributed by atoms with E-state index in [0.29, 0.717) is 21.5 Å². The number of ether oxygens (including phenoxy) is 1. The third-order valence-electron chi connectivity index (χ3n) is 4.89. The molecule has 1 aliphatic heterocycles. The first-order valence-electron chi connectivity index (χ1n) is 9.42. The van der Waals surface area contributed by atoms with Crippen LogP contribution >= 0.6 is 23.2 Å². The van der Waals surface area contributed by atoms with Gasteiger partial charge in [-0.05, 0) is 55.4 Å². The number of hydrogen-bond acceptors (Lipinski definition) is 4. The van der Waals surface area contributed by atoms with Crippen molar-refractivity contribution in [2.24, 2.45) is 0 Å². The van der Waals surface area contributed by atoms with Crippen LogP contribution in [0.4, 0.5) is 11.4 Å². The van der Waals surface area contributed by atoms with Gasteiger partial charge in [0.25, 0.3) is 5.91 Å². The fourth-order valence-electron chi connectivity index (χ4n) is 3.20. The first-order chi connectivity index (χ1) is 13.5. The van der Waals surface area contributed by atoms with Crippen molar-refractivity contribution >= 4 is 40.5 Å². The molecule has 2 aromatic rings. The highest BCUT2D eigenvalue weighted by atomic mass is 35.5. The minimum Gasteiger partial charge on any atom is -0.484 e. The van der Waals surface area contributed by atoms with Gasteiger partial charge in [0.1, 0.15) is 5.75 Å². The van der Waals surface area contributed by atoms with E-state index in [9.17, 15) is 4.79 Å². The number of nitrogens with zero attached hydrogens (tertiary/aromatic N) is 2. The van der Waals surface area contributed by atoms with Gasteiger partial charge in [-0.3, -0.25) is 4.79 Å². The zero-order valence-corrected chi connectivity index (χ0v) is 17.7. The van der Waals surface area contributed by atoms with Crippen molar-refractivity contribution in [3.63, 3.8) is 0 Å². The number of piperazine rings is 1. The molecule has 0 aliphatic carbocycles. The molecule has 0 saturated carbocycles. The average molecular weight is 422 g/mol. The van der Waals surface area contributed by atoms with Gasteiger partial charge in [-0.25, -0.2) is 0 Å². The van der Waals surface area contributed by atoms with E-state index in [1.165, 1.54) is 0 Å². The maximum absolute atomic E-state index is 12.2. The van der Waals surface area contributed by atoms with Gasteiger partial charge in [0.2, 0.25) is 0 Å². The van der Waals surface area contributed by atoms with E-state index in [4.69, 9.17) is 27.9 Å². The molecule has 1 aliphatic rings. The van der Waals surface area contributed by atoms with E-state index in [-0.39, 0.29) is 12.5 Å². The number of anilines is 2. The Morgan fingerprint density at radius 3 is 2.46 bits per heavy atom. The lowest BCUT2D eigenvalue weighted by Crippen LogP contribution is -2.46. The molecule has 7 heteroatoms. The molecular weight excluding hydrogens is 397 g/mol.